The molecule has 0 fully saturated rings. The lowest BCUT2D eigenvalue weighted by molar-refractivity contribution is 0.568. The van der Waals surface area contributed by atoms with E-state index in [1.165, 1.54) is 0 Å². The zero-order chi connectivity index (χ0) is 10.4. The number of nitrogens with zero attached hydrogens (tertiary/aromatic N) is 1. The monoisotopic (exact) mass is 200 g/mol. The van der Waals surface area contributed by atoms with Crippen LogP contribution in [0.1, 0.15) is 5.82 Å². The Morgan fingerprint density at radius 3 is 3.00 bits per heavy atom. The summed E-state index contributed by atoms with van der Waals surface area (Å²) in [6.07, 6.45) is 0. The molecule has 15 heavy (non-hydrogen) atoms. The van der Waals surface area contributed by atoms with E-state index in [1.54, 1.807) is 6.07 Å². The molecular weight excluding hydrogens is 192 g/mol. The number of aromatic amines is 1. The summed E-state index contributed by atoms with van der Waals surface area (Å²) < 4.78 is 5.15. The Kier molecular flexibility index (Phi) is 1.48. The summed E-state index contributed by atoms with van der Waals surface area (Å²) in [6.45, 7) is 1.81. The number of imidazole rings is 1. The van der Waals surface area contributed by atoms with Crippen molar-refractivity contribution in [1.29, 1.82) is 0 Å². The van der Waals surface area contributed by atoms with Gasteiger partial charge in [-0.15, -0.1) is 0 Å². The lowest BCUT2D eigenvalue weighted by Gasteiger charge is -1.95. The summed E-state index contributed by atoms with van der Waals surface area (Å²) in [6, 6.07) is 7.41. The second-order valence-corrected chi connectivity index (χ2v) is 3.43. The minimum Gasteiger partial charge on any atom is -0.421 e. The van der Waals surface area contributed by atoms with Crippen LogP contribution in [0.25, 0.3) is 22.0 Å². The van der Waals surface area contributed by atoms with E-state index in [-0.39, 0.29) is 0 Å². The van der Waals surface area contributed by atoms with Crippen molar-refractivity contribution >= 4 is 22.0 Å². The lowest BCUT2D eigenvalue weighted by atomic mass is 10.2. The smallest absolute Gasteiger partial charge is 0.364 e. The van der Waals surface area contributed by atoms with Crippen LogP contribution in [0.15, 0.2) is 33.5 Å². The van der Waals surface area contributed by atoms with E-state index in [9.17, 15) is 4.79 Å². The Bertz CT molecular complexity index is 709. The third kappa shape index (κ3) is 1.08. The normalized spacial score (nSPS) is 11.3. The fourth-order valence-electron chi connectivity index (χ4n) is 1.74. The average Bonchev–Trinajstić information content (AvgIpc) is 2.61. The maximum absolute atomic E-state index is 11.6. The fourth-order valence-corrected chi connectivity index (χ4v) is 1.74. The van der Waals surface area contributed by atoms with E-state index in [1.807, 2.05) is 25.1 Å². The Labute approximate surface area is 84.6 Å². The number of hydrogen-bond acceptors (Lipinski definition) is 3. The van der Waals surface area contributed by atoms with Gasteiger partial charge in [0.15, 0.2) is 5.52 Å². The van der Waals surface area contributed by atoms with Gasteiger partial charge in [0, 0.05) is 5.39 Å². The summed E-state index contributed by atoms with van der Waals surface area (Å²) in [4.78, 5) is 18.7. The summed E-state index contributed by atoms with van der Waals surface area (Å²) >= 11 is 0. The second-order valence-electron chi connectivity index (χ2n) is 3.43. The quantitative estimate of drug-likeness (QED) is 0.564. The first-order valence-corrected chi connectivity index (χ1v) is 4.64. The third-order valence-electron chi connectivity index (χ3n) is 2.37. The zero-order valence-corrected chi connectivity index (χ0v) is 8.07. The fraction of sp³-hybridized carbons (Fsp3) is 0.0909. The van der Waals surface area contributed by atoms with Crippen LogP contribution in [-0.4, -0.2) is 9.97 Å². The highest BCUT2D eigenvalue weighted by molar-refractivity contribution is 6.00. The maximum Gasteiger partial charge on any atom is 0.364 e. The van der Waals surface area contributed by atoms with E-state index in [0.717, 1.165) is 10.9 Å². The van der Waals surface area contributed by atoms with Crippen molar-refractivity contribution in [3.63, 3.8) is 0 Å². The van der Waals surface area contributed by atoms with Crippen molar-refractivity contribution in [3.05, 3.63) is 40.5 Å². The second kappa shape index (κ2) is 2.70. The van der Waals surface area contributed by atoms with Gasteiger partial charge in [0.1, 0.15) is 11.4 Å². The van der Waals surface area contributed by atoms with Crippen LogP contribution in [0.4, 0.5) is 0 Å². The largest absolute Gasteiger partial charge is 0.421 e. The van der Waals surface area contributed by atoms with Crippen LogP contribution in [0.3, 0.4) is 0 Å². The molecule has 2 aromatic heterocycles. The van der Waals surface area contributed by atoms with Crippen LogP contribution >= 0.6 is 0 Å². The van der Waals surface area contributed by atoms with Crippen molar-refractivity contribution in [2.75, 3.05) is 0 Å². The molecule has 0 amide bonds. The van der Waals surface area contributed by atoms with Gasteiger partial charge >= 0.3 is 5.63 Å². The van der Waals surface area contributed by atoms with Crippen molar-refractivity contribution in [2.24, 2.45) is 0 Å². The SMILES string of the molecule is Cc1nc2c(=O)oc3ccccc3c2[nH]1. The van der Waals surface area contributed by atoms with Crippen LogP contribution in [0.5, 0.6) is 0 Å². The van der Waals surface area contributed by atoms with E-state index in [0.29, 0.717) is 16.9 Å². The van der Waals surface area contributed by atoms with Crippen LogP contribution in [-0.2, 0) is 0 Å². The molecule has 0 bridgehead atoms. The average molecular weight is 200 g/mol. The van der Waals surface area contributed by atoms with Crippen molar-refractivity contribution < 1.29 is 4.42 Å². The molecule has 0 spiro atoms. The number of para-hydroxylation sites is 1. The molecule has 3 rings (SSSR count). The van der Waals surface area contributed by atoms with Crippen LogP contribution < -0.4 is 5.63 Å². The van der Waals surface area contributed by atoms with Crippen molar-refractivity contribution in [1.82, 2.24) is 9.97 Å². The highest BCUT2D eigenvalue weighted by Crippen LogP contribution is 2.20. The Balaban J connectivity index is 2.69. The molecule has 4 heteroatoms. The molecule has 0 radical (unpaired) electrons. The van der Waals surface area contributed by atoms with Gasteiger partial charge in [-0.1, -0.05) is 12.1 Å². The highest BCUT2D eigenvalue weighted by atomic mass is 16.4. The molecule has 0 atom stereocenters. The Hall–Kier alpha value is -2.10. The molecule has 1 aromatic carbocycles. The van der Waals surface area contributed by atoms with Gasteiger partial charge in [-0.05, 0) is 19.1 Å². The number of H-pyrrole nitrogens is 1. The molecule has 2 heterocycles. The van der Waals surface area contributed by atoms with Crippen molar-refractivity contribution in [3.8, 4) is 0 Å². The molecule has 1 N–H and O–H groups in total. The first kappa shape index (κ1) is 8.23. The van der Waals surface area contributed by atoms with Gasteiger partial charge in [0.05, 0.1) is 5.52 Å². The van der Waals surface area contributed by atoms with E-state index < -0.39 is 5.63 Å². The molecule has 0 saturated carbocycles. The van der Waals surface area contributed by atoms with Crippen molar-refractivity contribution in [2.45, 2.75) is 6.92 Å². The van der Waals surface area contributed by atoms with Gasteiger partial charge in [0.2, 0.25) is 0 Å². The minimum absolute atomic E-state index is 0.367. The highest BCUT2D eigenvalue weighted by Gasteiger charge is 2.09. The Morgan fingerprint density at radius 2 is 2.13 bits per heavy atom. The molecule has 0 aliphatic rings. The number of fused-ring (bicyclic) bond motifs is 3. The number of aryl methyl sites for hydroxylation is 1. The molecule has 0 aliphatic carbocycles. The third-order valence-corrected chi connectivity index (χ3v) is 2.37. The van der Waals surface area contributed by atoms with Gasteiger partial charge < -0.3 is 9.40 Å². The number of aromatic nitrogens is 2. The van der Waals surface area contributed by atoms with Gasteiger partial charge in [-0.2, -0.15) is 0 Å². The number of benzene rings is 1. The summed E-state index contributed by atoms with van der Waals surface area (Å²) in [5, 5.41) is 0.882. The summed E-state index contributed by atoms with van der Waals surface area (Å²) in [7, 11) is 0. The van der Waals surface area contributed by atoms with Gasteiger partial charge in [-0.3, -0.25) is 0 Å². The predicted octanol–water partition coefficient (Wildman–Crippen LogP) is 1.98. The van der Waals surface area contributed by atoms with Crippen LogP contribution in [0.2, 0.25) is 0 Å². The molecular formula is C11H8N2O2. The van der Waals surface area contributed by atoms with E-state index in [4.69, 9.17) is 4.42 Å². The lowest BCUT2D eigenvalue weighted by Crippen LogP contribution is -1.99. The molecule has 0 aliphatic heterocycles. The van der Waals surface area contributed by atoms with Gasteiger partial charge in [0.25, 0.3) is 0 Å². The van der Waals surface area contributed by atoms with Crippen LogP contribution in [0, 0.1) is 6.92 Å². The van der Waals surface area contributed by atoms with E-state index >= 15 is 0 Å². The van der Waals surface area contributed by atoms with E-state index in [2.05, 4.69) is 9.97 Å². The number of rotatable bonds is 0. The topological polar surface area (TPSA) is 58.9 Å². The first-order chi connectivity index (χ1) is 7.25. The molecule has 0 saturated heterocycles. The van der Waals surface area contributed by atoms with Gasteiger partial charge in [-0.25, -0.2) is 9.78 Å². The first-order valence-electron chi connectivity index (χ1n) is 4.64. The molecule has 4 nitrogen and oxygen atoms in total. The Morgan fingerprint density at radius 1 is 1.33 bits per heavy atom. The molecule has 74 valence electrons. The summed E-state index contributed by atoms with van der Waals surface area (Å²) in [5.74, 6) is 0.716. The minimum atomic E-state index is -0.395. The zero-order valence-electron chi connectivity index (χ0n) is 8.07. The number of hydrogen-bond donors (Lipinski definition) is 1. The number of nitrogens with one attached hydrogen (secondary N) is 1. The summed E-state index contributed by atoms with van der Waals surface area (Å²) in [5.41, 5.74) is 1.30. The predicted molar refractivity (Wildman–Crippen MR) is 56.9 cm³/mol. The standard InChI is InChI=1S/C11H8N2O2/c1-6-12-9-7-4-2-3-5-8(7)15-11(14)10(9)13-6/h2-5H,1H3,(H,12,13). The molecule has 0 unspecified atom stereocenters. The maximum atomic E-state index is 11.6. The molecule has 3 aromatic rings.